The third-order valence-corrected chi connectivity index (χ3v) is 11.8. The zero-order valence-electron chi connectivity index (χ0n) is 26.7. The van der Waals surface area contributed by atoms with E-state index >= 15 is 0 Å². The summed E-state index contributed by atoms with van der Waals surface area (Å²) in [6, 6.07) is 6.99. The fourth-order valence-corrected chi connectivity index (χ4v) is 8.73. The summed E-state index contributed by atoms with van der Waals surface area (Å²) < 4.78 is 6.58. The molecule has 2 bridgehead atoms. The van der Waals surface area contributed by atoms with Gasteiger partial charge in [-0.3, -0.25) is 14.4 Å². The van der Waals surface area contributed by atoms with Crippen molar-refractivity contribution in [3.8, 4) is 0 Å². The summed E-state index contributed by atoms with van der Waals surface area (Å²) in [5, 5.41) is 6.42. The molecule has 6 rings (SSSR count). The minimum atomic E-state index is -1.13. The Balaban J connectivity index is 1.22. The first-order valence-electron chi connectivity index (χ1n) is 16.6. The molecule has 1 aliphatic carbocycles. The first kappa shape index (κ1) is 31.6. The van der Waals surface area contributed by atoms with Crippen LogP contribution in [-0.4, -0.2) is 108 Å². The fraction of sp³-hybridized carbons (Fsp3) is 0.676. The van der Waals surface area contributed by atoms with E-state index in [1.54, 1.807) is 16.7 Å². The SMILES string of the molecule is CCN1CCN(CCCN2C(=O)[C@H]3[C@H](C(=O)Nc4cccc(SC)c4)[C@H]4C=C[C@@]3(O4)[C@@H]2C(=O)N[C@@H]2CCC[C@@H](C)[C@@H]2C)CC1. The molecular formula is C34H49N5O4S. The smallest absolute Gasteiger partial charge is 0.246 e. The molecule has 5 aliphatic rings. The van der Waals surface area contributed by atoms with Crippen molar-refractivity contribution in [1.82, 2.24) is 20.0 Å². The number of rotatable bonds is 10. The molecule has 3 saturated heterocycles. The molecule has 4 fully saturated rings. The van der Waals surface area contributed by atoms with Crippen LogP contribution >= 0.6 is 11.8 Å². The van der Waals surface area contributed by atoms with E-state index in [9.17, 15) is 14.4 Å². The van der Waals surface area contributed by atoms with Crippen LogP contribution in [0.2, 0.25) is 0 Å². The van der Waals surface area contributed by atoms with E-state index in [1.807, 2.05) is 42.7 Å². The molecule has 4 aliphatic heterocycles. The van der Waals surface area contributed by atoms with Crippen molar-refractivity contribution < 1.29 is 19.1 Å². The van der Waals surface area contributed by atoms with E-state index in [-0.39, 0.29) is 23.8 Å². The van der Waals surface area contributed by atoms with Crippen LogP contribution in [0.5, 0.6) is 0 Å². The molecular weight excluding hydrogens is 574 g/mol. The van der Waals surface area contributed by atoms with Gasteiger partial charge >= 0.3 is 0 Å². The number of ether oxygens (including phenoxy) is 1. The number of anilines is 1. The van der Waals surface area contributed by atoms with Crippen molar-refractivity contribution >= 4 is 35.2 Å². The van der Waals surface area contributed by atoms with Crippen molar-refractivity contribution in [3.63, 3.8) is 0 Å². The molecule has 0 unspecified atom stereocenters. The second kappa shape index (κ2) is 13.1. The van der Waals surface area contributed by atoms with E-state index < -0.39 is 29.6 Å². The zero-order chi connectivity index (χ0) is 31.0. The van der Waals surface area contributed by atoms with Gasteiger partial charge < -0.3 is 30.1 Å². The van der Waals surface area contributed by atoms with Gasteiger partial charge in [0, 0.05) is 49.3 Å². The van der Waals surface area contributed by atoms with Crippen LogP contribution in [0, 0.1) is 23.7 Å². The summed E-state index contributed by atoms with van der Waals surface area (Å²) >= 11 is 1.61. The van der Waals surface area contributed by atoms with Gasteiger partial charge in [0.2, 0.25) is 17.7 Å². The number of benzene rings is 1. The van der Waals surface area contributed by atoms with Crippen LogP contribution in [0.3, 0.4) is 0 Å². The molecule has 4 heterocycles. The topological polar surface area (TPSA) is 94.2 Å². The molecule has 240 valence electrons. The Labute approximate surface area is 266 Å². The summed E-state index contributed by atoms with van der Waals surface area (Å²) in [4.78, 5) is 50.2. The number of hydrogen-bond acceptors (Lipinski definition) is 7. The van der Waals surface area contributed by atoms with Crippen molar-refractivity contribution in [1.29, 1.82) is 0 Å². The van der Waals surface area contributed by atoms with E-state index in [4.69, 9.17) is 4.74 Å². The lowest BCUT2D eigenvalue weighted by molar-refractivity contribution is -0.141. The molecule has 2 N–H and O–H groups in total. The third-order valence-electron chi connectivity index (χ3n) is 11.1. The lowest BCUT2D eigenvalue weighted by Gasteiger charge is -2.38. The minimum Gasteiger partial charge on any atom is -0.359 e. The van der Waals surface area contributed by atoms with Gasteiger partial charge in [0.15, 0.2) is 0 Å². The molecule has 1 aromatic rings. The Hall–Kier alpha value is -2.40. The average molecular weight is 624 g/mol. The fourth-order valence-electron chi connectivity index (χ4n) is 8.28. The van der Waals surface area contributed by atoms with Gasteiger partial charge in [-0.15, -0.1) is 11.8 Å². The monoisotopic (exact) mass is 623 g/mol. The number of nitrogens with one attached hydrogen (secondary N) is 2. The molecule has 10 heteroatoms. The van der Waals surface area contributed by atoms with Crippen LogP contribution in [0.1, 0.15) is 46.5 Å². The number of likely N-dealkylation sites (N-methyl/N-ethyl adjacent to an activating group) is 1. The Bertz CT molecular complexity index is 1270. The summed E-state index contributed by atoms with van der Waals surface area (Å²) in [6.07, 6.45) is 9.24. The average Bonchev–Trinajstić information content (AvgIpc) is 3.67. The molecule has 1 aromatic carbocycles. The molecule has 8 atom stereocenters. The Kier molecular flexibility index (Phi) is 9.43. The number of carbonyl (C=O) groups excluding carboxylic acids is 3. The van der Waals surface area contributed by atoms with E-state index in [2.05, 4.69) is 41.2 Å². The first-order valence-corrected chi connectivity index (χ1v) is 17.9. The number of carbonyl (C=O) groups is 3. The van der Waals surface area contributed by atoms with Gasteiger partial charge in [-0.1, -0.05) is 51.8 Å². The van der Waals surface area contributed by atoms with Crippen molar-refractivity contribution in [2.24, 2.45) is 23.7 Å². The number of amides is 3. The highest BCUT2D eigenvalue weighted by Gasteiger charge is 2.72. The second-order valence-corrected chi connectivity index (χ2v) is 14.3. The first-order chi connectivity index (χ1) is 21.3. The lowest BCUT2D eigenvalue weighted by Crippen LogP contribution is -2.58. The second-order valence-electron chi connectivity index (χ2n) is 13.5. The Morgan fingerprint density at radius 2 is 1.84 bits per heavy atom. The Morgan fingerprint density at radius 3 is 2.59 bits per heavy atom. The van der Waals surface area contributed by atoms with Crippen molar-refractivity contribution in [3.05, 3.63) is 36.4 Å². The van der Waals surface area contributed by atoms with Gasteiger partial charge in [0.1, 0.15) is 11.6 Å². The summed E-state index contributed by atoms with van der Waals surface area (Å²) in [5.74, 6) is -1.05. The Morgan fingerprint density at radius 1 is 1.07 bits per heavy atom. The van der Waals surface area contributed by atoms with Crippen LogP contribution in [-0.2, 0) is 19.1 Å². The molecule has 1 saturated carbocycles. The van der Waals surface area contributed by atoms with Crippen LogP contribution in [0.25, 0.3) is 0 Å². The van der Waals surface area contributed by atoms with E-state index in [1.165, 1.54) is 6.42 Å². The number of thioether (sulfide) groups is 1. The normalized spacial score (nSPS) is 35.2. The number of fused-ring (bicyclic) bond motifs is 1. The van der Waals surface area contributed by atoms with Gasteiger partial charge in [-0.2, -0.15) is 0 Å². The molecule has 0 aromatic heterocycles. The zero-order valence-corrected chi connectivity index (χ0v) is 27.5. The maximum atomic E-state index is 14.4. The van der Waals surface area contributed by atoms with Gasteiger partial charge in [-0.05, 0) is 62.2 Å². The lowest BCUT2D eigenvalue weighted by atomic mass is 9.73. The van der Waals surface area contributed by atoms with E-state index in [0.717, 1.165) is 63.4 Å². The van der Waals surface area contributed by atoms with Gasteiger partial charge in [-0.25, -0.2) is 0 Å². The standard InChI is InChI=1S/C34H49N5O4S/c1-5-37-17-19-38(20-18-37)15-8-16-39-30(32(41)36-26-12-6-9-22(2)23(26)3)34-14-13-27(43-34)28(29(34)33(39)42)31(40)35-24-10-7-11-25(21-24)44-4/h7,10-11,13-14,21-23,26-30H,5-6,8-9,12,15-20H2,1-4H3,(H,35,40)(H,36,41)/t22-,23+,26-,27-,28-,29-,30+,34+/m1/s1. The van der Waals surface area contributed by atoms with Crippen LogP contribution in [0.4, 0.5) is 5.69 Å². The van der Waals surface area contributed by atoms with Crippen LogP contribution in [0.15, 0.2) is 41.3 Å². The van der Waals surface area contributed by atoms with Gasteiger partial charge in [0.25, 0.3) is 0 Å². The number of likely N-dealkylation sites (tertiary alicyclic amines) is 1. The van der Waals surface area contributed by atoms with Crippen molar-refractivity contribution in [2.75, 3.05) is 57.4 Å². The minimum absolute atomic E-state index is 0.0684. The highest BCUT2D eigenvalue weighted by atomic mass is 32.2. The molecule has 44 heavy (non-hydrogen) atoms. The number of piperazine rings is 1. The summed E-state index contributed by atoms with van der Waals surface area (Å²) in [7, 11) is 0. The predicted molar refractivity (Wildman–Crippen MR) is 173 cm³/mol. The summed E-state index contributed by atoms with van der Waals surface area (Å²) in [6.45, 7) is 13.2. The highest BCUT2D eigenvalue weighted by Crippen LogP contribution is 2.55. The molecule has 3 amide bonds. The molecule has 9 nitrogen and oxygen atoms in total. The largest absolute Gasteiger partial charge is 0.359 e. The maximum Gasteiger partial charge on any atom is 0.246 e. The highest BCUT2D eigenvalue weighted by molar-refractivity contribution is 7.98. The maximum absolute atomic E-state index is 14.4. The van der Waals surface area contributed by atoms with Crippen molar-refractivity contribution in [2.45, 2.75) is 75.1 Å². The van der Waals surface area contributed by atoms with Crippen LogP contribution < -0.4 is 10.6 Å². The number of nitrogens with zero attached hydrogens (tertiary/aromatic N) is 3. The summed E-state index contributed by atoms with van der Waals surface area (Å²) in [5.41, 5.74) is -0.437. The molecule has 0 radical (unpaired) electrons. The quantitative estimate of drug-likeness (QED) is 0.305. The van der Waals surface area contributed by atoms with Gasteiger partial charge in [0.05, 0.1) is 17.9 Å². The molecule has 1 spiro atoms. The third kappa shape index (κ3) is 5.83. The van der Waals surface area contributed by atoms with E-state index in [0.29, 0.717) is 24.1 Å². The number of hydrogen-bond donors (Lipinski definition) is 2. The predicted octanol–water partition coefficient (Wildman–Crippen LogP) is 3.47.